The minimum atomic E-state index is -1.80. The second-order valence-electron chi connectivity index (χ2n) is 10.7. The topological polar surface area (TPSA) is 250 Å². The molecule has 0 aromatic rings. The maximum atomic E-state index is 12.5. The third kappa shape index (κ3) is 12.9. The van der Waals surface area contributed by atoms with Crippen molar-refractivity contribution >= 4 is 47.9 Å². The second kappa shape index (κ2) is 19.4. The highest BCUT2D eigenvalue weighted by molar-refractivity contribution is 5.70. The summed E-state index contributed by atoms with van der Waals surface area (Å²) in [5, 5.41) is 2.33. The van der Waals surface area contributed by atoms with E-state index in [4.69, 9.17) is 52.1 Å². The summed E-state index contributed by atoms with van der Waals surface area (Å²) in [6.45, 7) is 9.42. The van der Waals surface area contributed by atoms with Crippen molar-refractivity contribution in [2.24, 2.45) is 0 Å². The van der Waals surface area contributed by atoms with Gasteiger partial charge in [0.05, 0.1) is 6.61 Å². The van der Waals surface area contributed by atoms with Gasteiger partial charge >= 0.3 is 47.9 Å². The van der Waals surface area contributed by atoms with Gasteiger partial charge in [-0.3, -0.25) is 33.6 Å². The van der Waals surface area contributed by atoms with Gasteiger partial charge in [-0.1, -0.05) is 6.08 Å². The van der Waals surface area contributed by atoms with Crippen molar-refractivity contribution < 1.29 is 90.5 Å². The van der Waals surface area contributed by atoms with Gasteiger partial charge in [0.25, 0.3) is 0 Å². The average molecular weight is 720 g/mol. The number of amides is 1. The molecule has 1 N–H and O–H groups in total. The van der Waals surface area contributed by atoms with Crippen LogP contribution in [0.4, 0.5) is 4.79 Å². The fraction of sp³-hybridized carbons (Fsp3) is 0.667. The van der Waals surface area contributed by atoms with Gasteiger partial charge in [-0.25, -0.2) is 4.79 Å². The van der Waals surface area contributed by atoms with Crippen molar-refractivity contribution in [3.8, 4) is 0 Å². The molecule has 1 amide bonds. The number of hydrogen-bond acceptors (Lipinski definition) is 19. The predicted octanol–water partition coefficient (Wildman–Crippen LogP) is -0.482. The summed E-state index contributed by atoms with van der Waals surface area (Å²) in [4.78, 5) is 97.0. The number of carbonyl (C=O) groups is 8. The third-order valence-electron chi connectivity index (χ3n) is 6.48. The number of nitrogens with one attached hydrogen (secondary N) is 1. The Bertz CT molecular complexity index is 1280. The highest BCUT2D eigenvalue weighted by Crippen LogP contribution is 2.33. The average Bonchev–Trinajstić information content (AvgIpc) is 2.98. The van der Waals surface area contributed by atoms with E-state index in [2.05, 4.69) is 11.9 Å². The van der Waals surface area contributed by atoms with Gasteiger partial charge in [0.1, 0.15) is 18.8 Å². The van der Waals surface area contributed by atoms with Crippen molar-refractivity contribution in [3.05, 3.63) is 12.7 Å². The molecule has 2 saturated heterocycles. The normalized spacial score (nSPS) is 28.8. The van der Waals surface area contributed by atoms with Crippen LogP contribution in [0, 0.1) is 0 Å². The van der Waals surface area contributed by atoms with E-state index in [-0.39, 0.29) is 6.54 Å². The van der Waals surface area contributed by atoms with Gasteiger partial charge < -0.3 is 57.4 Å². The molecule has 2 fully saturated rings. The molecule has 0 radical (unpaired) electrons. The summed E-state index contributed by atoms with van der Waals surface area (Å²) in [6.07, 6.45) is -15.7. The van der Waals surface area contributed by atoms with Gasteiger partial charge in [0.2, 0.25) is 12.4 Å². The molecule has 2 aliphatic rings. The van der Waals surface area contributed by atoms with Crippen LogP contribution in [-0.4, -0.2) is 129 Å². The van der Waals surface area contributed by atoms with Crippen molar-refractivity contribution in [1.82, 2.24) is 5.32 Å². The molecular weight excluding hydrogens is 678 g/mol. The van der Waals surface area contributed by atoms with E-state index in [0.29, 0.717) is 0 Å². The van der Waals surface area contributed by atoms with Gasteiger partial charge in [0.15, 0.2) is 36.8 Å². The first-order valence-electron chi connectivity index (χ1n) is 15.1. The molecule has 2 aliphatic heterocycles. The van der Waals surface area contributed by atoms with Crippen LogP contribution >= 0.6 is 0 Å². The number of alkyl carbamates (subject to hydrolysis) is 1. The van der Waals surface area contributed by atoms with Crippen LogP contribution < -0.4 is 5.32 Å². The summed E-state index contributed by atoms with van der Waals surface area (Å²) in [6, 6.07) is 0. The zero-order chi connectivity index (χ0) is 37.7. The third-order valence-corrected chi connectivity index (χ3v) is 6.48. The smallest absolute Gasteiger partial charge is 0.409 e. The highest BCUT2D eigenvalue weighted by atomic mass is 16.8. The molecule has 2 rings (SSSR count). The van der Waals surface area contributed by atoms with Crippen LogP contribution in [0.2, 0.25) is 0 Å². The summed E-state index contributed by atoms with van der Waals surface area (Å²) in [5.74, 6) is -6.14. The molecule has 0 aromatic heterocycles. The van der Waals surface area contributed by atoms with Crippen molar-refractivity contribution in [2.45, 2.75) is 110 Å². The minimum Gasteiger partial charge on any atom is -0.463 e. The molecule has 0 bridgehead atoms. The predicted molar refractivity (Wildman–Crippen MR) is 158 cm³/mol. The maximum Gasteiger partial charge on any atom is 0.409 e. The number of esters is 7. The van der Waals surface area contributed by atoms with E-state index in [1.807, 2.05) is 0 Å². The molecule has 0 saturated carbocycles. The Labute approximate surface area is 286 Å². The fourth-order valence-corrected chi connectivity index (χ4v) is 4.90. The van der Waals surface area contributed by atoms with Gasteiger partial charge in [0, 0.05) is 55.0 Å². The Morgan fingerprint density at radius 2 is 0.900 bits per heavy atom. The highest BCUT2D eigenvalue weighted by Gasteiger charge is 2.56. The van der Waals surface area contributed by atoms with E-state index in [0.717, 1.165) is 48.5 Å². The lowest BCUT2D eigenvalue weighted by Gasteiger charge is -2.46. The molecule has 1 unspecified atom stereocenters. The first-order valence-corrected chi connectivity index (χ1v) is 15.1. The van der Waals surface area contributed by atoms with E-state index in [1.54, 1.807) is 0 Å². The Hall–Kier alpha value is -4.82. The summed E-state index contributed by atoms with van der Waals surface area (Å²) in [7, 11) is 0. The fourth-order valence-electron chi connectivity index (χ4n) is 4.90. The van der Waals surface area contributed by atoms with Crippen LogP contribution in [-0.2, 0) is 85.7 Å². The SMILES string of the molecule is C=CCNC(=O)OC1O[C@H](CO[C@@H]2O[C@H](COC(C)=O)[C@H](OC(C)=O)[C@H](OC(C)=O)[C@H]2OC(C)=O)[C@@H](OC(C)=O)[C@H](OC(C)=O)[C@H]1OC(C)=O. The van der Waals surface area contributed by atoms with Crippen molar-refractivity contribution in [1.29, 1.82) is 0 Å². The molecule has 2 heterocycles. The first-order chi connectivity index (χ1) is 23.4. The van der Waals surface area contributed by atoms with Gasteiger partial charge in [-0.05, 0) is 0 Å². The molecule has 20 nitrogen and oxygen atoms in total. The van der Waals surface area contributed by atoms with E-state index in [9.17, 15) is 38.4 Å². The molecule has 280 valence electrons. The quantitative estimate of drug-likeness (QED) is 0.135. The second-order valence-corrected chi connectivity index (χ2v) is 10.7. The minimum absolute atomic E-state index is 0.0390. The summed E-state index contributed by atoms with van der Waals surface area (Å²) < 4.78 is 60.2. The first kappa shape index (κ1) is 41.4. The monoisotopic (exact) mass is 719 g/mol. The van der Waals surface area contributed by atoms with Crippen LogP contribution in [0.1, 0.15) is 48.5 Å². The lowest BCUT2D eigenvalue weighted by Crippen LogP contribution is -2.65. The maximum absolute atomic E-state index is 12.5. The van der Waals surface area contributed by atoms with E-state index >= 15 is 0 Å². The molecule has 20 heteroatoms. The van der Waals surface area contributed by atoms with E-state index < -0.39 is 123 Å². The molecule has 10 atom stereocenters. The number of ether oxygens (including phenoxy) is 11. The Morgan fingerprint density at radius 1 is 0.520 bits per heavy atom. The molecule has 50 heavy (non-hydrogen) atoms. The van der Waals surface area contributed by atoms with Gasteiger partial charge in [-0.2, -0.15) is 0 Å². The molecule has 0 aliphatic carbocycles. The van der Waals surface area contributed by atoms with Crippen molar-refractivity contribution in [3.63, 3.8) is 0 Å². The zero-order valence-electron chi connectivity index (χ0n) is 28.4. The van der Waals surface area contributed by atoms with E-state index in [1.165, 1.54) is 6.08 Å². The van der Waals surface area contributed by atoms with Gasteiger partial charge in [-0.15, -0.1) is 6.58 Å². The summed E-state index contributed by atoms with van der Waals surface area (Å²) in [5.41, 5.74) is 0. The Morgan fingerprint density at radius 3 is 1.32 bits per heavy atom. The van der Waals surface area contributed by atoms with Crippen LogP contribution in [0.25, 0.3) is 0 Å². The Balaban J connectivity index is 2.59. The molecular formula is C30H41NO19. The molecule has 0 spiro atoms. The number of carbonyl (C=O) groups excluding carboxylic acids is 8. The number of rotatable bonds is 14. The number of hydrogen-bond donors (Lipinski definition) is 1. The van der Waals surface area contributed by atoms with Crippen LogP contribution in [0.3, 0.4) is 0 Å². The standard InChI is InChI=1S/C30H41NO19/c1-9-10-31-30(39)50-29-27(47-19(8)38)25(45-17(6)36)23(43-15(4)34)21(49-29)12-41-28-26(46-18(7)37)24(44-16(5)35)22(42-14(3)33)20(48-28)11-40-13(2)32/h9,20-29H,1,10-12H2,2-8H3,(H,31,39)/t20-,21-,22+,23-,24+,25+,26-,27-,28-,29?/m1/s1. The molecule has 0 aromatic carbocycles. The van der Waals surface area contributed by atoms with Crippen LogP contribution in [0.5, 0.6) is 0 Å². The Kier molecular flexibility index (Phi) is 16.0. The van der Waals surface area contributed by atoms with Crippen LogP contribution in [0.15, 0.2) is 12.7 Å². The lowest BCUT2D eigenvalue weighted by atomic mass is 9.97. The zero-order valence-corrected chi connectivity index (χ0v) is 28.4. The largest absolute Gasteiger partial charge is 0.463 e. The van der Waals surface area contributed by atoms with Crippen molar-refractivity contribution in [2.75, 3.05) is 19.8 Å². The lowest BCUT2D eigenvalue weighted by molar-refractivity contribution is -0.329. The summed E-state index contributed by atoms with van der Waals surface area (Å²) >= 11 is 0.